The summed E-state index contributed by atoms with van der Waals surface area (Å²) in [4.78, 5) is 26.6. The summed E-state index contributed by atoms with van der Waals surface area (Å²) in [5.74, 6) is 2.82. The fourth-order valence-electron chi connectivity index (χ4n) is 4.71. The average Bonchev–Trinajstić information content (AvgIpc) is 3.02. The highest BCUT2D eigenvalue weighted by molar-refractivity contribution is 5.93. The summed E-state index contributed by atoms with van der Waals surface area (Å²) in [5.41, 5.74) is 9.38. The molecule has 0 bridgehead atoms. The molecule has 0 radical (unpaired) electrons. The van der Waals surface area contributed by atoms with Gasteiger partial charge in [-0.15, -0.1) is 0 Å². The third kappa shape index (κ3) is 8.78. The molecule has 0 aliphatic rings. The number of carbonyl (C=O) groups is 2. The molecular weight excluding hydrogens is 550 g/mol. The fraction of sp³-hybridized carbons (Fsp3) is 0.394. The molecule has 0 saturated heterocycles. The van der Waals surface area contributed by atoms with Crippen molar-refractivity contribution in [2.24, 2.45) is 5.92 Å². The number of para-hydroxylation sites is 2. The number of nitrogens with one attached hydrogen (secondary N) is 2. The van der Waals surface area contributed by atoms with Crippen LogP contribution in [-0.4, -0.2) is 53.4 Å². The van der Waals surface area contributed by atoms with Gasteiger partial charge in [-0.05, 0) is 79.6 Å². The van der Waals surface area contributed by atoms with Crippen LogP contribution in [0.3, 0.4) is 0 Å². The minimum absolute atomic E-state index is 0.315. The monoisotopic (exact) mass is 593 g/mol. The van der Waals surface area contributed by atoms with Crippen molar-refractivity contribution in [1.82, 2.24) is 5.43 Å². The van der Waals surface area contributed by atoms with Crippen molar-refractivity contribution < 1.29 is 33.3 Å². The number of hydrogen-bond acceptors (Lipinski definition) is 9. The van der Waals surface area contributed by atoms with E-state index in [1.807, 2.05) is 55.5 Å². The first kappa shape index (κ1) is 33.1. The summed E-state index contributed by atoms with van der Waals surface area (Å²) >= 11 is 0. The summed E-state index contributed by atoms with van der Waals surface area (Å²) in [5, 5.41) is 0. The molecule has 43 heavy (non-hydrogen) atoms. The van der Waals surface area contributed by atoms with Gasteiger partial charge in [0.25, 0.3) is 0 Å². The number of rotatable bonds is 16. The Morgan fingerprint density at radius 2 is 1.47 bits per heavy atom. The molecule has 0 unspecified atom stereocenters. The van der Waals surface area contributed by atoms with Gasteiger partial charge in [-0.1, -0.05) is 32.0 Å². The van der Waals surface area contributed by atoms with Crippen LogP contribution in [0.2, 0.25) is 0 Å². The highest BCUT2D eigenvalue weighted by atomic mass is 16.6. The van der Waals surface area contributed by atoms with E-state index < -0.39 is 6.09 Å². The molecule has 10 nitrogen and oxygen atoms in total. The minimum atomic E-state index is -0.564. The van der Waals surface area contributed by atoms with Crippen LogP contribution >= 0.6 is 0 Å². The number of ether oxygens (including phenoxy) is 5. The largest absolute Gasteiger partial charge is 0.493 e. The zero-order valence-electron chi connectivity index (χ0n) is 26.1. The van der Waals surface area contributed by atoms with Gasteiger partial charge in [-0.3, -0.25) is 4.90 Å². The zero-order chi connectivity index (χ0) is 31.4. The van der Waals surface area contributed by atoms with E-state index in [1.165, 1.54) is 12.0 Å². The maximum atomic E-state index is 13.5. The van der Waals surface area contributed by atoms with Gasteiger partial charge in [-0.2, -0.15) is 0 Å². The van der Waals surface area contributed by atoms with Gasteiger partial charge in [-0.25, -0.2) is 10.2 Å². The van der Waals surface area contributed by atoms with Crippen molar-refractivity contribution in [2.75, 3.05) is 45.3 Å². The Bertz CT molecular complexity index is 1340. The summed E-state index contributed by atoms with van der Waals surface area (Å²) in [7, 11) is 6.28. The number of nitrogens with zero attached hydrogens (tertiary/aromatic N) is 1. The molecule has 3 rings (SSSR count). The molecule has 0 aromatic heterocycles. The Labute approximate surface area is 254 Å². The molecule has 232 valence electrons. The van der Waals surface area contributed by atoms with Crippen LogP contribution in [0.1, 0.15) is 38.3 Å². The van der Waals surface area contributed by atoms with E-state index in [0.29, 0.717) is 71.8 Å². The van der Waals surface area contributed by atoms with Crippen molar-refractivity contribution in [3.63, 3.8) is 0 Å². The van der Waals surface area contributed by atoms with Crippen molar-refractivity contribution in [2.45, 2.75) is 46.1 Å². The number of methoxy groups -OCH3 is 4. The quantitative estimate of drug-likeness (QED) is 0.151. The normalized spacial score (nSPS) is 11.4. The van der Waals surface area contributed by atoms with Crippen LogP contribution in [-0.2, 0) is 17.6 Å². The number of aldehydes is 1. The molecule has 10 heteroatoms. The van der Waals surface area contributed by atoms with E-state index in [2.05, 4.69) is 24.7 Å². The van der Waals surface area contributed by atoms with E-state index in [4.69, 9.17) is 23.7 Å². The fourth-order valence-corrected chi connectivity index (χ4v) is 4.71. The molecule has 3 aromatic carbocycles. The van der Waals surface area contributed by atoms with Gasteiger partial charge in [0, 0.05) is 6.54 Å². The van der Waals surface area contributed by atoms with Crippen LogP contribution in [0, 0.1) is 5.92 Å². The topological polar surface area (TPSA) is 108 Å². The lowest BCUT2D eigenvalue weighted by atomic mass is 10.0. The second kappa shape index (κ2) is 16.3. The summed E-state index contributed by atoms with van der Waals surface area (Å²) in [6.45, 7) is 6.32. The van der Waals surface area contributed by atoms with Crippen LogP contribution in [0.25, 0.3) is 0 Å². The first-order chi connectivity index (χ1) is 20.8. The van der Waals surface area contributed by atoms with Gasteiger partial charge in [0.2, 0.25) is 5.75 Å². The molecule has 2 N–H and O–H groups in total. The molecule has 0 spiro atoms. The number of aryl methyl sites for hydroxylation is 2. The van der Waals surface area contributed by atoms with Crippen LogP contribution in [0.4, 0.5) is 16.2 Å². The molecule has 1 amide bonds. The lowest BCUT2D eigenvalue weighted by Gasteiger charge is -2.25. The Balaban J connectivity index is 1.78. The highest BCUT2D eigenvalue weighted by Gasteiger charge is 2.22. The first-order valence-corrected chi connectivity index (χ1v) is 14.3. The SMILES string of the molecule is CCN(C(=O)Oc1cc(CCc2cc(OC)c(OC)c(OC)c2)ccc1OC)c1ccccc1NN[C@H](C=O)CC(C)C. The third-order valence-electron chi connectivity index (χ3n) is 6.87. The first-order valence-electron chi connectivity index (χ1n) is 14.3. The molecule has 0 heterocycles. The molecule has 0 aliphatic carbocycles. The molecule has 0 aliphatic heterocycles. The predicted molar refractivity (Wildman–Crippen MR) is 168 cm³/mol. The van der Waals surface area contributed by atoms with E-state index in [1.54, 1.807) is 27.4 Å². The molecule has 0 saturated carbocycles. The van der Waals surface area contributed by atoms with Crippen LogP contribution in [0.5, 0.6) is 28.7 Å². The second-order valence-corrected chi connectivity index (χ2v) is 10.3. The Morgan fingerprint density at radius 1 is 0.837 bits per heavy atom. The van der Waals surface area contributed by atoms with Crippen LogP contribution < -0.4 is 39.4 Å². The number of hydrogen-bond donors (Lipinski definition) is 2. The average molecular weight is 594 g/mol. The third-order valence-corrected chi connectivity index (χ3v) is 6.87. The second-order valence-electron chi connectivity index (χ2n) is 10.3. The van der Waals surface area contributed by atoms with Crippen molar-refractivity contribution in [1.29, 1.82) is 0 Å². The number of carbonyl (C=O) groups excluding carboxylic acids is 2. The summed E-state index contributed by atoms with van der Waals surface area (Å²) in [6, 6.07) is 16.4. The van der Waals surface area contributed by atoms with Crippen molar-refractivity contribution in [3.8, 4) is 28.7 Å². The number of benzene rings is 3. The van der Waals surface area contributed by atoms with Gasteiger partial charge in [0.1, 0.15) is 6.29 Å². The Morgan fingerprint density at radius 3 is 2.05 bits per heavy atom. The van der Waals surface area contributed by atoms with E-state index in [-0.39, 0.29) is 6.04 Å². The Kier molecular flexibility index (Phi) is 12.5. The molecule has 0 fully saturated rings. The van der Waals surface area contributed by atoms with E-state index >= 15 is 0 Å². The van der Waals surface area contributed by atoms with Gasteiger partial charge < -0.3 is 33.9 Å². The predicted octanol–water partition coefficient (Wildman–Crippen LogP) is 6.06. The lowest BCUT2D eigenvalue weighted by molar-refractivity contribution is -0.109. The highest BCUT2D eigenvalue weighted by Crippen LogP contribution is 2.39. The number of amides is 1. The van der Waals surface area contributed by atoms with Gasteiger partial charge in [0.15, 0.2) is 23.0 Å². The molecular formula is C33H43N3O7. The van der Waals surface area contributed by atoms with Gasteiger partial charge in [0.05, 0.1) is 45.9 Å². The zero-order valence-corrected chi connectivity index (χ0v) is 26.1. The Hall–Kier alpha value is -4.44. The molecule has 1 atom stereocenters. The van der Waals surface area contributed by atoms with E-state index in [9.17, 15) is 9.59 Å². The summed E-state index contributed by atoms with van der Waals surface area (Å²) < 4.78 is 27.8. The van der Waals surface area contributed by atoms with E-state index in [0.717, 1.165) is 17.4 Å². The minimum Gasteiger partial charge on any atom is -0.493 e. The number of anilines is 2. The summed E-state index contributed by atoms with van der Waals surface area (Å²) in [6.07, 6.45) is 2.33. The lowest BCUT2D eigenvalue weighted by Crippen LogP contribution is -2.38. The molecule has 3 aromatic rings. The maximum Gasteiger partial charge on any atom is 0.419 e. The smallest absolute Gasteiger partial charge is 0.419 e. The van der Waals surface area contributed by atoms with Gasteiger partial charge >= 0.3 is 6.09 Å². The number of hydrazine groups is 1. The van der Waals surface area contributed by atoms with Crippen LogP contribution in [0.15, 0.2) is 54.6 Å². The van der Waals surface area contributed by atoms with Crippen molar-refractivity contribution >= 4 is 23.8 Å². The van der Waals surface area contributed by atoms with Crippen molar-refractivity contribution in [3.05, 3.63) is 65.7 Å². The maximum absolute atomic E-state index is 13.5. The standard InChI is InChI=1S/C33H43N3O7/c1-8-36(27-12-10-9-11-26(27)35-34-25(21-37)17-22(2)3)33(38)43-29-18-23(15-16-28(29)39-4)13-14-24-19-30(40-5)32(42-7)31(20-24)41-6/h9-12,15-16,18-22,25,34-35H,8,13-14,17H2,1-7H3/t25-/m0/s1.